The number of hydrogen-bond donors (Lipinski definition) is 1. The third-order valence-corrected chi connectivity index (χ3v) is 4.31. The number of carbonyl (C=O) groups excluding carboxylic acids is 1. The van der Waals surface area contributed by atoms with E-state index in [4.69, 9.17) is 14.6 Å². The van der Waals surface area contributed by atoms with Gasteiger partial charge in [-0.3, -0.25) is 9.59 Å². The molecule has 24 heavy (non-hydrogen) atoms. The number of carboxylic acid groups (broad SMARTS) is 1. The minimum Gasteiger partial charge on any atom is -0.481 e. The lowest BCUT2D eigenvalue weighted by molar-refractivity contribution is -0.174. The van der Waals surface area contributed by atoms with Gasteiger partial charge in [-0.1, -0.05) is 30.3 Å². The molecule has 1 saturated heterocycles. The number of benzene rings is 1. The van der Waals surface area contributed by atoms with Crippen molar-refractivity contribution in [2.24, 2.45) is 0 Å². The van der Waals surface area contributed by atoms with Crippen LogP contribution >= 0.6 is 0 Å². The predicted octanol–water partition coefficient (Wildman–Crippen LogP) is 2.08. The fourth-order valence-electron chi connectivity index (χ4n) is 2.84. The number of likely N-dealkylation sites (N-methyl/N-ethyl adjacent to an activating group) is 1. The van der Waals surface area contributed by atoms with E-state index in [-0.39, 0.29) is 18.9 Å². The van der Waals surface area contributed by atoms with Crippen molar-refractivity contribution in [2.45, 2.75) is 38.4 Å². The van der Waals surface area contributed by atoms with Crippen molar-refractivity contribution in [2.75, 3.05) is 26.3 Å². The van der Waals surface area contributed by atoms with Gasteiger partial charge < -0.3 is 19.5 Å². The maximum atomic E-state index is 13.0. The van der Waals surface area contributed by atoms with Gasteiger partial charge in [0.25, 0.3) is 5.91 Å². The number of hydrogen-bond acceptors (Lipinski definition) is 4. The van der Waals surface area contributed by atoms with Gasteiger partial charge in [-0.2, -0.15) is 0 Å². The zero-order chi connectivity index (χ0) is 17.4. The first kappa shape index (κ1) is 18.4. The average Bonchev–Trinajstić information content (AvgIpc) is 2.62. The van der Waals surface area contributed by atoms with Gasteiger partial charge in [-0.05, 0) is 12.5 Å². The van der Waals surface area contributed by atoms with Crippen LogP contribution in [0.3, 0.4) is 0 Å². The summed E-state index contributed by atoms with van der Waals surface area (Å²) in [5.74, 6) is -1.04. The minimum absolute atomic E-state index is 0.0646. The van der Waals surface area contributed by atoms with E-state index in [1.807, 2.05) is 37.3 Å². The first-order valence-electron chi connectivity index (χ1n) is 8.34. The Balaban J connectivity index is 2.09. The monoisotopic (exact) mass is 335 g/mol. The largest absolute Gasteiger partial charge is 0.481 e. The molecule has 1 amide bonds. The smallest absolute Gasteiger partial charge is 0.305 e. The van der Waals surface area contributed by atoms with Gasteiger partial charge >= 0.3 is 5.97 Å². The molecule has 1 heterocycles. The summed E-state index contributed by atoms with van der Waals surface area (Å²) >= 11 is 0. The molecule has 1 aliphatic rings. The van der Waals surface area contributed by atoms with E-state index in [0.29, 0.717) is 39.2 Å². The van der Waals surface area contributed by atoms with Crippen molar-refractivity contribution in [3.05, 3.63) is 35.9 Å². The molecular weight excluding hydrogens is 310 g/mol. The zero-order valence-electron chi connectivity index (χ0n) is 14.1. The van der Waals surface area contributed by atoms with Gasteiger partial charge in [0.1, 0.15) is 0 Å². The highest BCUT2D eigenvalue weighted by molar-refractivity contribution is 5.85. The molecule has 0 aliphatic carbocycles. The lowest BCUT2D eigenvalue weighted by Crippen LogP contribution is -2.54. The third-order valence-electron chi connectivity index (χ3n) is 4.31. The Kier molecular flexibility index (Phi) is 6.75. The summed E-state index contributed by atoms with van der Waals surface area (Å²) < 4.78 is 11.5. The number of carboxylic acids is 1. The second-order valence-electron chi connectivity index (χ2n) is 5.91. The standard InChI is InChI=1S/C18H25NO5/c1-2-19(11-8-16(20)21)17(22)18(9-12-23-13-10-18)24-14-15-6-4-3-5-7-15/h3-7H,2,8-14H2,1H3,(H,20,21). The zero-order valence-corrected chi connectivity index (χ0v) is 14.1. The van der Waals surface area contributed by atoms with Gasteiger partial charge in [0, 0.05) is 39.1 Å². The summed E-state index contributed by atoms with van der Waals surface area (Å²) in [6.45, 7) is 3.80. The summed E-state index contributed by atoms with van der Waals surface area (Å²) in [5.41, 5.74) is 0.0764. The molecule has 0 bridgehead atoms. The molecule has 0 unspecified atom stereocenters. The Morgan fingerprint density at radius 2 is 1.92 bits per heavy atom. The van der Waals surface area contributed by atoms with Crippen molar-refractivity contribution >= 4 is 11.9 Å². The van der Waals surface area contributed by atoms with E-state index >= 15 is 0 Å². The first-order chi connectivity index (χ1) is 11.6. The Bertz CT molecular complexity index is 540. The van der Waals surface area contributed by atoms with Crippen LogP contribution in [-0.4, -0.2) is 53.8 Å². The number of rotatable bonds is 8. The van der Waals surface area contributed by atoms with Gasteiger partial charge in [-0.15, -0.1) is 0 Å². The fraction of sp³-hybridized carbons (Fsp3) is 0.556. The van der Waals surface area contributed by atoms with Crippen molar-refractivity contribution in [1.29, 1.82) is 0 Å². The summed E-state index contributed by atoms with van der Waals surface area (Å²) in [7, 11) is 0. The lowest BCUT2D eigenvalue weighted by atomic mass is 9.92. The van der Waals surface area contributed by atoms with E-state index in [1.54, 1.807) is 4.90 Å². The molecule has 1 N–H and O–H groups in total. The topological polar surface area (TPSA) is 76.1 Å². The molecule has 6 heteroatoms. The van der Waals surface area contributed by atoms with E-state index in [0.717, 1.165) is 5.56 Å². The second kappa shape index (κ2) is 8.80. The van der Waals surface area contributed by atoms with Crippen LogP contribution in [0.4, 0.5) is 0 Å². The van der Waals surface area contributed by atoms with Crippen LogP contribution in [0.2, 0.25) is 0 Å². The molecule has 6 nitrogen and oxygen atoms in total. The van der Waals surface area contributed by atoms with Gasteiger partial charge in [0.05, 0.1) is 13.0 Å². The average molecular weight is 335 g/mol. The molecule has 2 rings (SSSR count). The number of nitrogens with zero attached hydrogens (tertiary/aromatic N) is 1. The molecule has 1 aromatic rings. The summed E-state index contributed by atoms with van der Waals surface area (Å²) in [5, 5.41) is 8.88. The van der Waals surface area contributed by atoms with Crippen molar-refractivity contribution < 1.29 is 24.2 Å². The molecule has 1 aliphatic heterocycles. The minimum atomic E-state index is -0.928. The van der Waals surface area contributed by atoms with Crippen molar-refractivity contribution in [3.63, 3.8) is 0 Å². The van der Waals surface area contributed by atoms with Crippen LogP contribution in [0.1, 0.15) is 31.7 Å². The molecule has 0 atom stereocenters. The number of amides is 1. The van der Waals surface area contributed by atoms with Gasteiger partial charge in [-0.25, -0.2) is 0 Å². The maximum Gasteiger partial charge on any atom is 0.305 e. The predicted molar refractivity (Wildman–Crippen MR) is 88.5 cm³/mol. The number of ether oxygens (including phenoxy) is 2. The van der Waals surface area contributed by atoms with Crippen LogP contribution < -0.4 is 0 Å². The lowest BCUT2D eigenvalue weighted by Gasteiger charge is -2.39. The van der Waals surface area contributed by atoms with Gasteiger partial charge in [0.2, 0.25) is 0 Å². The first-order valence-corrected chi connectivity index (χ1v) is 8.34. The normalized spacial score (nSPS) is 16.5. The molecule has 0 saturated carbocycles. The Morgan fingerprint density at radius 3 is 2.50 bits per heavy atom. The molecular formula is C18H25NO5. The van der Waals surface area contributed by atoms with E-state index < -0.39 is 11.6 Å². The van der Waals surface area contributed by atoms with Gasteiger partial charge in [0.15, 0.2) is 5.60 Å². The summed E-state index contributed by atoms with van der Waals surface area (Å²) in [6.07, 6.45) is 0.912. The Morgan fingerprint density at radius 1 is 1.25 bits per heavy atom. The fourth-order valence-corrected chi connectivity index (χ4v) is 2.84. The van der Waals surface area contributed by atoms with E-state index in [9.17, 15) is 9.59 Å². The highest BCUT2D eigenvalue weighted by Crippen LogP contribution is 2.29. The molecule has 1 aromatic carbocycles. The van der Waals surface area contributed by atoms with Crippen LogP contribution in [0.15, 0.2) is 30.3 Å². The Labute approximate surface area is 142 Å². The molecule has 1 fully saturated rings. The third kappa shape index (κ3) is 4.79. The highest BCUT2D eigenvalue weighted by atomic mass is 16.5. The molecule has 0 radical (unpaired) electrons. The molecule has 0 spiro atoms. The molecule has 0 aromatic heterocycles. The van der Waals surface area contributed by atoms with Crippen molar-refractivity contribution in [1.82, 2.24) is 4.90 Å². The second-order valence-corrected chi connectivity index (χ2v) is 5.91. The SMILES string of the molecule is CCN(CCC(=O)O)C(=O)C1(OCc2ccccc2)CCOCC1. The number of carbonyl (C=O) groups is 2. The van der Waals surface area contributed by atoms with Crippen LogP contribution in [-0.2, 0) is 25.7 Å². The number of aliphatic carboxylic acids is 1. The Hall–Kier alpha value is -1.92. The maximum absolute atomic E-state index is 13.0. The van der Waals surface area contributed by atoms with E-state index in [2.05, 4.69) is 0 Å². The highest BCUT2D eigenvalue weighted by Gasteiger charge is 2.43. The van der Waals surface area contributed by atoms with Crippen LogP contribution in [0, 0.1) is 0 Å². The van der Waals surface area contributed by atoms with Crippen LogP contribution in [0.5, 0.6) is 0 Å². The summed E-state index contributed by atoms with van der Waals surface area (Å²) in [4.78, 5) is 25.4. The van der Waals surface area contributed by atoms with Crippen molar-refractivity contribution in [3.8, 4) is 0 Å². The summed E-state index contributed by atoms with van der Waals surface area (Å²) in [6, 6.07) is 9.72. The van der Waals surface area contributed by atoms with E-state index in [1.165, 1.54) is 0 Å². The van der Waals surface area contributed by atoms with Crippen LogP contribution in [0.25, 0.3) is 0 Å². The molecule has 132 valence electrons. The quantitative estimate of drug-likeness (QED) is 0.787.